The second kappa shape index (κ2) is 14.5. The zero-order valence-electron chi connectivity index (χ0n) is 27.7. The minimum atomic E-state index is -1.03. The average Bonchev–Trinajstić information content (AvgIpc) is 3.47. The van der Waals surface area contributed by atoms with Gasteiger partial charge in [0.1, 0.15) is 11.6 Å². The SMILES string of the molecule is CCCCC(C(N)=O)[C@H](Cc1c[nH]c2ccccc12)C(=O)N[C@@H](Cc1c[nH]c2ccccc12)C(=O)N[C@@H](CC(C)C)C(=O)[C@@]1(C)CO1. The first-order chi connectivity index (χ1) is 22.5. The number of aromatic amines is 2. The number of Topliss-reactive ketones (excluding diaryl/α,β-unsaturated/α-hetero) is 1. The standard InChI is InChI=1S/C37H47N5O5/c1-5-6-11-27(34(38)44)28(17-23-19-39-29-14-9-7-12-25(23)29)35(45)42-32(18-24-20-40-30-15-10-8-13-26(24)30)36(46)41-31(16-22(2)3)33(43)37(4)21-47-37/h7-10,12-15,19-20,22,27-28,31-32,39-40H,5-6,11,16-18,21H2,1-4H3,(H2,38,44)(H,41,46)(H,42,45)/t27?,28-,31-,32-,37+/m0/s1. The van der Waals surface area contributed by atoms with Crippen molar-refractivity contribution >= 4 is 45.3 Å². The van der Waals surface area contributed by atoms with Gasteiger partial charge in [-0.25, -0.2) is 0 Å². The van der Waals surface area contributed by atoms with Crippen LogP contribution in [0.5, 0.6) is 0 Å². The van der Waals surface area contributed by atoms with Crippen LogP contribution in [0, 0.1) is 17.8 Å². The number of primary amides is 1. The molecule has 2 aromatic heterocycles. The number of hydrogen-bond donors (Lipinski definition) is 5. The summed E-state index contributed by atoms with van der Waals surface area (Å²) in [5.41, 5.74) is 8.61. The molecule has 0 saturated carbocycles. The Morgan fingerprint density at radius 2 is 1.40 bits per heavy atom. The molecule has 4 aromatic rings. The highest BCUT2D eigenvalue weighted by atomic mass is 16.6. The maximum atomic E-state index is 14.4. The van der Waals surface area contributed by atoms with Crippen molar-refractivity contribution < 1.29 is 23.9 Å². The van der Waals surface area contributed by atoms with E-state index in [0.717, 1.165) is 45.8 Å². The number of carbonyl (C=O) groups excluding carboxylic acids is 4. The summed E-state index contributed by atoms with van der Waals surface area (Å²) in [6.07, 6.45) is 6.59. The second-order valence-electron chi connectivity index (χ2n) is 13.5. The predicted octanol–water partition coefficient (Wildman–Crippen LogP) is 4.72. The lowest BCUT2D eigenvalue weighted by molar-refractivity contribution is -0.137. The Morgan fingerprint density at radius 1 is 0.851 bits per heavy atom. The molecule has 0 aliphatic carbocycles. The minimum Gasteiger partial charge on any atom is -0.369 e. The molecule has 1 fully saturated rings. The van der Waals surface area contributed by atoms with Crippen molar-refractivity contribution in [2.75, 3.05) is 6.61 Å². The van der Waals surface area contributed by atoms with E-state index in [1.807, 2.05) is 81.7 Å². The van der Waals surface area contributed by atoms with Gasteiger partial charge in [-0.3, -0.25) is 19.2 Å². The molecule has 5 rings (SSSR count). The van der Waals surface area contributed by atoms with Crippen molar-refractivity contribution in [3.05, 3.63) is 72.1 Å². The number of unbranched alkanes of at least 4 members (excludes halogenated alkanes) is 1. The molecular weight excluding hydrogens is 594 g/mol. The zero-order valence-corrected chi connectivity index (χ0v) is 27.7. The van der Waals surface area contributed by atoms with E-state index >= 15 is 0 Å². The molecule has 250 valence electrons. The van der Waals surface area contributed by atoms with Crippen molar-refractivity contribution in [2.24, 2.45) is 23.5 Å². The molecule has 6 N–H and O–H groups in total. The smallest absolute Gasteiger partial charge is 0.243 e. The first-order valence-corrected chi connectivity index (χ1v) is 16.7. The molecule has 5 atom stereocenters. The monoisotopic (exact) mass is 641 g/mol. The van der Waals surface area contributed by atoms with Crippen LogP contribution in [0.25, 0.3) is 21.8 Å². The Labute approximate surface area is 275 Å². The Bertz CT molecular complexity index is 1730. The van der Waals surface area contributed by atoms with Crippen molar-refractivity contribution in [1.29, 1.82) is 0 Å². The van der Waals surface area contributed by atoms with Crippen LogP contribution in [0.2, 0.25) is 0 Å². The highest BCUT2D eigenvalue weighted by Gasteiger charge is 2.50. The Kier molecular flexibility index (Phi) is 10.5. The van der Waals surface area contributed by atoms with E-state index < -0.39 is 47.2 Å². The van der Waals surface area contributed by atoms with Gasteiger partial charge >= 0.3 is 0 Å². The van der Waals surface area contributed by atoms with Gasteiger partial charge in [-0.15, -0.1) is 0 Å². The minimum absolute atomic E-state index is 0.128. The number of nitrogens with one attached hydrogen (secondary N) is 4. The van der Waals surface area contributed by atoms with Gasteiger partial charge in [-0.05, 0) is 55.4 Å². The van der Waals surface area contributed by atoms with Crippen LogP contribution >= 0.6 is 0 Å². The van der Waals surface area contributed by atoms with Crippen molar-refractivity contribution in [3.8, 4) is 0 Å². The Balaban J connectivity index is 1.47. The van der Waals surface area contributed by atoms with Gasteiger partial charge in [0.15, 0.2) is 5.78 Å². The summed E-state index contributed by atoms with van der Waals surface area (Å²) in [5, 5.41) is 7.88. The summed E-state index contributed by atoms with van der Waals surface area (Å²) in [4.78, 5) is 61.3. The molecule has 10 heteroatoms. The van der Waals surface area contributed by atoms with Gasteiger partial charge in [-0.1, -0.05) is 70.0 Å². The number of benzene rings is 2. The first-order valence-electron chi connectivity index (χ1n) is 16.7. The number of ketones is 1. The lowest BCUT2D eigenvalue weighted by Crippen LogP contribution is -2.56. The van der Waals surface area contributed by atoms with E-state index in [0.29, 0.717) is 19.4 Å². The number of amides is 3. The number of aromatic nitrogens is 2. The molecular formula is C37H47N5O5. The molecule has 0 radical (unpaired) electrons. The number of hydrogen-bond acceptors (Lipinski definition) is 5. The van der Waals surface area contributed by atoms with Crippen molar-refractivity contribution in [2.45, 2.75) is 83.9 Å². The number of epoxide rings is 1. The molecule has 1 aliphatic rings. The largest absolute Gasteiger partial charge is 0.369 e. The Hall–Kier alpha value is -4.44. The average molecular weight is 642 g/mol. The molecule has 0 spiro atoms. The number of nitrogens with two attached hydrogens (primary N) is 1. The van der Waals surface area contributed by atoms with Gasteiger partial charge in [0.2, 0.25) is 17.7 Å². The van der Waals surface area contributed by atoms with Crippen LogP contribution < -0.4 is 16.4 Å². The van der Waals surface area contributed by atoms with Crippen LogP contribution in [0.3, 0.4) is 0 Å². The maximum Gasteiger partial charge on any atom is 0.243 e. The summed E-state index contributed by atoms with van der Waals surface area (Å²) in [6.45, 7) is 8.05. The summed E-state index contributed by atoms with van der Waals surface area (Å²) in [5.74, 6) is -3.05. The van der Waals surface area contributed by atoms with E-state index in [9.17, 15) is 19.2 Å². The van der Waals surface area contributed by atoms with Crippen LogP contribution in [0.15, 0.2) is 60.9 Å². The summed E-state index contributed by atoms with van der Waals surface area (Å²) in [7, 11) is 0. The molecule has 1 saturated heterocycles. The lowest BCUT2D eigenvalue weighted by Gasteiger charge is -2.28. The number of para-hydroxylation sites is 2. The van der Waals surface area contributed by atoms with Crippen LogP contribution in [0.4, 0.5) is 0 Å². The summed E-state index contributed by atoms with van der Waals surface area (Å²) < 4.78 is 5.43. The number of H-pyrrole nitrogens is 2. The van der Waals surface area contributed by atoms with Gasteiger partial charge in [0, 0.05) is 46.5 Å². The van der Waals surface area contributed by atoms with E-state index in [2.05, 4.69) is 20.6 Å². The van der Waals surface area contributed by atoms with E-state index in [1.54, 1.807) is 6.92 Å². The van der Waals surface area contributed by atoms with E-state index in [1.165, 1.54) is 0 Å². The fraction of sp³-hybridized carbons (Fsp3) is 0.459. The third-order valence-electron chi connectivity index (χ3n) is 9.34. The number of carbonyl (C=O) groups is 4. The number of fused-ring (bicyclic) bond motifs is 2. The Morgan fingerprint density at radius 3 is 1.94 bits per heavy atom. The normalized spacial score (nSPS) is 18.5. The van der Waals surface area contributed by atoms with Gasteiger partial charge < -0.3 is 31.1 Å². The predicted molar refractivity (Wildman–Crippen MR) is 182 cm³/mol. The first kappa shape index (κ1) is 33.9. The summed E-state index contributed by atoms with van der Waals surface area (Å²) >= 11 is 0. The number of rotatable bonds is 17. The van der Waals surface area contributed by atoms with E-state index in [-0.39, 0.29) is 24.5 Å². The van der Waals surface area contributed by atoms with Gasteiger partial charge in [0.25, 0.3) is 0 Å². The summed E-state index contributed by atoms with van der Waals surface area (Å²) in [6, 6.07) is 13.7. The second-order valence-corrected chi connectivity index (χ2v) is 13.5. The highest BCUT2D eigenvalue weighted by molar-refractivity contribution is 5.98. The quantitative estimate of drug-likeness (QED) is 0.105. The molecule has 0 bridgehead atoms. The molecule has 1 unspecified atom stereocenters. The molecule has 47 heavy (non-hydrogen) atoms. The van der Waals surface area contributed by atoms with Crippen LogP contribution in [0.1, 0.15) is 64.5 Å². The molecule has 3 amide bonds. The third-order valence-corrected chi connectivity index (χ3v) is 9.34. The molecule has 3 heterocycles. The number of ether oxygens (including phenoxy) is 1. The third kappa shape index (κ3) is 7.93. The molecule has 2 aromatic carbocycles. The molecule has 10 nitrogen and oxygen atoms in total. The lowest BCUT2D eigenvalue weighted by atomic mass is 9.82. The van der Waals surface area contributed by atoms with Crippen molar-refractivity contribution in [3.63, 3.8) is 0 Å². The van der Waals surface area contributed by atoms with Crippen LogP contribution in [-0.4, -0.2) is 57.8 Å². The maximum absolute atomic E-state index is 14.4. The molecule has 1 aliphatic heterocycles. The topological polar surface area (TPSA) is 162 Å². The fourth-order valence-corrected chi connectivity index (χ4v) is 6.52. The van der Waals surface area contributed by atoms with Crippen LogP contribution in [-0.2, 0) is 36.8 Å². The fourth-order valence-electron chi connectivity index (χ4n) is 6.52. The van der Waals surface area contributed by atoms with E-state index in [4.69, 9.17) is 10.5 Å². The van der Waals surface area contributed by atoms with Gasteiger partial charge in [-0.2, -0.15) is 0 Å². The van der Waals surface area contributed by atoms with Gasteiger partial charge in [0.05, 0.1) is 18.6 Å². The zero-order chi connectivity index (χ0) is 33.7. The highest BCUT2D eigenvalue weighted by Crippen LogP contribution is 2.31. The van der Waals surface area contributed by atoms with Crippen molar-refractivity contribution in [1.82, 2.24) is 20.6 Å².